The number of ketones is 1. The third-order valence-electron chi connectivity index (χ3n) is 15.5. The van der Waals surface area contributed by atoms with E-state index < -0.39 is 28.9 Å². The van der Waals surface area contributed by atoms with Crippen LogP contribution in [-0.4, -0.2) is 89.7 Å². The summed E-state index contributed by atoms with van der Waals surface area (Å²) in [7, 11) is 4.19. The number of carboxylic acid groups (broad SMARTS) is 1. The van der Waals surface area contributed by atoms with Crippen molar-refractivity contribution in [2.75, 3.05) is 33.7 Å². The Labute approximate surface area is 316 Å². The molecular formula is C44H76N2O6. The van der Waals surface area contributed by atoms with E-state index in [0.717, 1.165) is 70.0 Å². The summed E-state index contributed by atoms with van der Waals surface area (Å²) in [5.41, 5.74) is 0.406. The molecule has 0 aromatic rings. The maximum atomic E-state index is 14.1. The van der Waals surface area contributed by atoms with Crippen LogP contribution in [0.1, 0.15) is 147 Å². The maximum absolute atomic E-state index is 14.1. The summed E-state index contributed by atoms with van der Waals surface area (Å²) in [6.45, 7) is 28.7. The Morgan fingerprint density at radius 3 is 2.12 bits per heavy atom. The number of allylic oxidation sites excluding steroid dienone is 1. The van der Waals surface area contributed by atoms with Crippen molar-refractivity contribution < 1.29 is 29.3 Å². The van der Waals surface area contributed by atoms with Crippen molar-refractivity contribution in [3.05, 3.63) is 11.1 Å². The number of fused-ring (bicyclic) bond motifs is 3. The monoisotopic (exact) mass is 729 g/mol. The summed E-state index contributed by atoms with van der Waals surface area (Å²) in [6.07, 6.45) is 7.09. The lowest BCUT2D eigenvalue weighted by Crippen LogP contribution is -2.61. The van der Waals surface area contributed by atoms with E-state index in [0.29, 0.717) is 24.9 Å². The van der Waals surface area contributed by atoms with Crippen LogP contribution in [0, 0.1) is 50.2 Å². The highest BCUT2D eigenvalue weighted by Gasteiger charge is 2.67. The zero-order valence-corrected chi connectivity index (χ0v) is 35.6. The molecule has 0 spiro atoms. The van der Waals surface area contributed by atoms with Crippen molar-refractivity contribution in [1.82, 2.24) is 9.80 Å². The molecule has 8 atom stereocenters. The van der Waals surface area contributed by atoms with Crippen LogP contribution in [0.2, 0.25) is 0 Å². The summed E-state index contributed by atoms with van der Waals surface area (Å²) in [5.74, 6) is -0.339. The van der Waals surface area contributed by atoms with Gasteiger partial charge >= 0.3 is 11.9 Å². The van der Waals surface area contributed by atoms with Crippen LogP contribution >= 0.6 is 0 Å². The Morgan fingerprint density at radius 2 is 1.60 bits per heavy atom. The number of carboxylic acids is 1. The van der Waals surface area contributed by atoms with Gasteiger partial charge in [-0.2, -0.15) is 0 Å². The summed E-state index contributed by atoms with van der Waals surface area (Å²) < 4.78 is 6.08. The lowest BCUT2D eigenvalue weighted by Gasteiger charge is -2.68. The first-order valence-corrected chi connectivity index (χ1v) is 20.6. The topological polar surface area (TPSA) is 107 Å². The Hall–Kier alpha value is -1.77. The summed E-state index contributed by atoms with van der Waals surface area (Å²) in [4.78, 5) is 43.4. The van der Waals surface area contributed by atoms with Gasteiger partial charge in [0.25, 0.3) is 0 Å². The second-order valence-corrected chi connectivity index (χ2v) is 20.7. The summed E-state index contributed by atoms with van der Waals surface area (Å²) in [5, 5.41) is 22.0. The number of aliphatic hydroxyl groups is 1. The van der Waals surface area contributed by atoms with Crippen LogP contribution in [0.3, 0.4) is 0 Å². The van der Waals surface area contributed by atoms with Gasteiger partial charge in [-0.05, 0) is 133 Å². The molecule has 0 radical (unpaired) electrons. The second kappa shape index (κ2) is 15.0. The van der Waals surface area contributed by atoms with Gasteiger partial charge in [-0.3, -0.25) is 19.3 Å². The molecule has 0 amide bonds. The molecule has 2 N–H and O–H groups in total. The number of hydrogen-bond donors (Lipinski definition) is 2. The SMILES string of the molecule is CCC1(C)C(C2(C)CCC(OC(=O)CC(C)(C)C(=O)O)C(C)(C)C2)CCC2C3=C(C(C)C)C(=O)CC3(C(O)CN(CCN(C)C)C(C)C)CCC21C. The predicted molar refractivity (Wildman–Crippen MR) is 209 cm³/mol. The van der Waals surface area contributed by atoms with E-state index in [-0.39, 0.29) is 51.8 Å². The first kappa shape index (κ1) is 43.0. The van der Waals surface area contributed by atoms with Gasteiger partial charge in [0.2, 0.25) is 0 Å². The third-order valence-corrected chi connectivity index (χ3v) is 15.5. The average Bonchev–Trinajstić information content (AvgIpc) is 3.33. The second-order valence-electron chi connectivity index (χ2n) is 20.7. The molecule has 0 aromatic carbocycles. The first-order chi connectivity index (χ1) is 23.8. The van der Waals surface area contributed by atoms with Gasteiger partial charge in [0.1, 0.15) is 6.10 Å². The van der Waals surface area contributed by atoms with E-state index in [4.69, 9.17) is 4.74 Å². The maximum Gasteiger partial charge on any atom is 0.309 e. The number of rotatable bonds is 14. The number of esters is 1. The average molecular weight is 729 g/mol. The van der Waals surface area contributed by atoms with Crippen LogP contribution in [0.15, 0.2) is 11.1 Å². The molecule has 52 heavy (non-hydrogen) atoms. The highest BCUT2D eigenvalue weighted by atomic mass is 16.5. The Bertz CT molecular complexity index is 1380. The molecule has 4 aliphatic carbocycles. The molecule has 8 heteroatoms. The Kier molecular flexibility index (Phi) is 12.4. The van der Waals surface area contributed by atoms with E-state index in [1.54, 1.807) is 13.8 Å². The number of aliphatic hydroxyl groups excluding tert-OH is 1. The summed E-state index contributed by atoms with van der Waals surface area (Å²) >= 11 is 0. The van der Waals surface area contributed by atoms with Crippen molar-refractivity contribution in [2.45, 2.75) is 166 Å². The first-order valence-electron chi connectivity index (χ1n) is 20.6. The molecule has 8 nitrogen and oxygen atoms in total. The van der Waals surface area contributed by atoms with Gasteiger partial charge in [-0.15, -0.1) is 0 Å². The normalized spacial score (nSPS) is 35.7. The van der Waals surface area contributed by atoms with Gasteiger partial charge in [-0.1, -0.05) is 61.0 Å². The molecule has 3 fully saturated rings. The fourth-order valence-electron chi connectivity index (χ4n) is 12.2. The van der Waals surface area contributed by atoms with E-state index in [1.807, 2.05) is 0 Å². The van der Waals surface area contributed by atoms with E-state index in [9.17, 15) is 24.6 Å². The van der Waals surface area contributed by atoms with Crippen molar-refractivity contribution in [2.24, 2.45) is 50.2 Å². The smallest absolute Gasteiger partial charge is 0.309 e. The molecule has 4 aliphatic rings. The number of Topliss-reactive ketones (excluding diaryl/α,β-unsaturated/α-hetero) is 1. The van der Waals surface area contributed by atoms with Crippen LogP contribution < -0.4 is 0 Å². The fraction of sp³-hybridized carbons (Fsp3) is 0.886. The van der Waals surface area contributed by atoms with Crippen LogP contribution in [-0.2, 0) is 19.1 Å². The lowest BCUT2D eigenvalue weighted by atomic mass is 9.37. The predicted octanol–water partition coefficient (Wildman–Crippen LogP) is 8.40. The molecule has 0 aromatic heterocycles. The van der Waals surface area contributed by atoms with Crippen LogP contribution in [0.25, 0.3) is 0 Å². The van der Waals surface area contributed by atoms with Crippen molar-refractivity contribution in [3.63, 3.8) is 0 Å². The minimum Gasteiger partial charge on any atom is -0.481 e. The third kappa shape index (κ3) is 7.57. The van der Waals surface area contributed by atoms with Gasteiger partial charge in [0.05, 0.1) is 17.9 Å². The molecule has 0 aliphatic heterocycles. The molecule has 0 bridgehead atoms. The molecule has 0 saturated heterocycles. The fourth-order valence-corrected chi connectivity index (χ4v) is 12.2. The van der Waals surface area contributed by atoms with Crippen molar-refractivity contribution >= 4 is 17.7 Å². The summed E-state index contributed by atoms with van der Waals surface area (Å²) in [6, 6.07) is 0.299. The van der Waals surface area contributed by atoms with Crippen LogP contribution in [0.5, 0.6) is 0 Å². The molecular weight excluding hydrogens is 652 g/mol. The Morgan fingerprint density at radius 1 is 0.962 bits per heavy atom. The number of carbonyl (C=O) groups excluding carboxylic acids is 2. The molecule has 0 heterocycles. The van der Waals surface area contributed by atoms with Crippen molar-refractivity contribution in [1.29, 1.82) is 0 Å². The number of aliphatic carboxylic acids is 1. The molecule has 4 rings (SSSR count). The van der Waals surface area contributed by atoms with Gasteiger partial charge in [-0.25, -0.2) is 0 Å². The largest absolute Gasteiger partial charge is 0.481 e. The van der Waals surface area contributed by atoms with Crippen LogP contribution in [0.4, 0.5) is 0 Å². The highest BCUT2D eigenvalue weighted by molar-refractivity contribution is 6.00. The van der Waals surface area contributed by atoms with Crippen molar-refractivity contribution in [3.8, 4) is 0 Å². The number of hydrogen-bond acceptors (Lipinski definition) is 7. The number of ether oxygens (including phenoxy) is 1. The van der Waals surface area contributed by atoms with Gasteiger partial charge in [0.15, 0.2) is 5.78 Å². The van der Waals surface area contributed by atoms with Gasteiger partial charge < -0.3 is 19.8 Å². The van der Waals surface area contributed by atoms with Gasteiger partial charge in [0, 0.05) is 42.9 Å². The van der Waals surface area contributed by atoms with E-state index in [2.05, 4.69) is 93.1 Å². The quantitative estimate of drug-likeness (QED) is 0.172. The molecule has 3 saturated carbocycles. The van der Waals surface area contributed by atoms with E-state index >= 15 is 0 Å². The zero-order chi connectivity index (χ0) is 39.4. The minimum atomic E-state index is -1.16. The number of likely N-dealkylation sites (N-methyl/N-ethyl adjacent to an activating group) is 1. The molecule has 8 unspecified atom stereocenters. The molecule has 298 valence electrons. The lowest BCUT2D eigenvalue weighted by molar-refractivity contribution is -0.187. The zero-order valence-electron chi connectivity index (χ0n) is 35.6. The minimum absolute atomic E-state index is 0.00326. The Balaban J connectivity index is 1.66. The standard InChI is InChI=1S/C44H76N2O6/c1-15-42(11)32(41(10)19-18-34(40(8,9)27-41)52-35(49)25-39(6,7)38(50)51)17-16-30-37-36(28(2)3)31(47)24-44(37,21-20-43(30,42)12)33(48)26-46(29(4)5)23-22-45(13)14/h28-30,32-34,48H,15-27H2,1-14H3,(H,50,51). The van der Waals surface area contributed by atoms with E-state index in [1.165, 1.54) is 5.57 Å². The number of carbonyl (C=O) groups is 3. The highest BCUT2D eigenvalue weighted by Crippen LogP contribution is 2.73. The number of nitrogens with zero attached hydrogens (tertiary/aromatic N) is 2.